The van der Waals surface area contributed by atoms with Crippen LogP contribution in [-0.4, -0.2) is 28.6 Å². The fourth-order valence-electron chi connectivity index (χ4n) is 3.16. The molecule has 0 amide bonds. The minimum Gasteiger partial charge on any atom is -0.459 e. The molecule has 6 nitrogen and oxygen atoms in total. The van der Waals surface area contributed by atoms with Gasteiger partial charge in [-0.15, -0.1) is 21.5 Å². The molecule has 0 bridgehead atoms. The van der Waals surface area contributed by atoms with Crippen molar-refractivity contribution in [2.45, 2.75) is 71.3 Å². The second kappa shape index (κ2) is 8.90. The van der Waals surface area contributed by atoms with E-state index in [-0.39, 0.29) is 12.8 Å². The van der Waals surface area contributed by atoms with Crippen LogP contribution in [0, 0.1) is 0 Å². The number of nitrogens with zero attached hydrogens (tertiary/aromatic N) is 2. The van der Waals surface area contributed by atoms with Crippen LogP contribution >= 0.6 is 11.3 Å². The number of hydrogen-bond donors (Lipinski definition) is 0. The average molecular weight is 405 g/mol. The molecule has 1 unspecified atom stereocenters. The number of aromatic nitrogens is 2. The van der Waals surface area contributed by atoms with Crippen molar-refractivity contribution in [3.63, 3.8) is 0 Å². The molecule has 0 radical (unpaired) electrons. The number of carbonyl (C=O) groups is 1. The number of rotatable bonds is 8. The minimum atomic E-state index is -0.543. The van der Waals surface area contributed by atoms with Crippen molar-refractivity contribution in [2.75, 3.05) is 6.79 Å². The van der Waals surface area contributed by atoms with Gasteiger partial charge in [-0.05, 0) is 46.1 Å². The quantitative estimate of drug-likeness (QED) is 0.596. The lowest BCUT2D eigenvalue weighted by molar-refractivity contribution is -0.157. The summed E-state index contributed by atoms with van der Waals surface area (Å²) in [7, 11) is 0. The Morgan fingerprint density at radius 3 is 2.68 bits per heavy atom. The summed E-state index contributed by atoms with van der Waals surface area (Å²) in [4.78, 5) is 12.9. The smallest absolute Gasteiger partial charge is 0.314 e. The first-order valence-electron chi connectivity index (χ1n) is 9.80. The SMILES string of the molecule is CCCc1nnc(CCCC(C(=O)OC(C)(C)C)c2cccc3c2OCO3)s1. The van der Waals surface area contributed by atoms with Crippen LogP contribution in [0.4, 0.5) is 0 Å². The van der Waals surface area contributed by atoms with Crippen molar-refractivity contribution in [2.24, 2.45) is 0 Å². The first-order chi connectivity index (χ1) is 13.4. The number of carbonyl (C=O) groups excluding carboxylic acids is 1. The lowest BCUT2D eigenvalue weighted by atomic mass is 9.92. The summed E-state index contributed by atoms with van der Waals surface area (Å²) in [5.74, 6) is 0.693. The van der Waals surface area contributed by atoms with Crippen LogP contribution in [0.25, 0.3) is 0 Å². The Kier molecular flexibility index (Phi) is 6.54. The molecule has 1 aromatic heterocycles. The van der Waals surface area contributed by atoms with Gasteiger partial charge < -0.3 is 14.2 Å². The van der Waals surface area contributed by atoms with Crippen molar-refractivity contribution in [1.82, 2.24) is 10.2 Å². The molecule has 1 aromatic carbocycles. The molecule has 2 heterocycles. The van der Waals surface area contributed by atoms with E-state index in [9.17, 15) is 4.79 Å². The third-order valence-corrected chi connectivity index (χ3v) is 5.39. The average Bonchev–Trinajstić information content (AvgIpc) is 3.26. The highest BCUT2D eigenvalue weighted by atomic mass is 32.1. The Hall–Kier alpha value is -2.15. The lowest BCUT2D eigenvalue weighted by Crippen LogP contribution is -2.28. The van der Waals surface area contributed by atoms with Crippen LogP contribution in [0.2, 0.25) is 0 Å². The molecule has 28 heavy (non-hydrogen) atoms. The predicted molar refractivity (Wildman–Crippen MR) is 108 cm³/mol. The second-order valence-electron chi connectivity index (χ2n) is 7.90. The van der Waals surface area contributed by atoms with Gasteiger partial charge in [0, 0.05) is 18.4 Å². The topological polar surface area (TPSA) is 70.5 Å². The highest BCUT2D eigenvalue weighted by Gasteiger charge is 2.31. The van der Waals surface area contributed by atoms with Gasteiger partial charge in [0.15, 0.2) is 11.5 Å². The van der Waals surface area contributed by atoms with E-state index in [1.165, 1.54) is 0 Å². The number of benzene rings is 1. The molecule has 2 aromatic rings. The Bertz CT molecular complexity index is 813. The van der Waals surface area contributed by atoms with Crippen molar-refractivity contribution < 1.29 is 19.0 Å². The van der Waals surface area contributed by atoms with E-state index in [1.54, 1.807) is 11.3 Å². The number of para-hydroxylation sites is 1. The molecule has 3 rings (SSSR count). The number of esters is 1. The molecule has 152 valence electrons. The third-order valence-electron chi connectivity index (χ3n) is 4.35. The summed E-state index contributed by atoms with van der Waals surface area (Å²) in [6, 6.07) is 5.67. The summed E-state index contributed by atoms with van der Waals surface area (Å²) in [5, 5.41) is 10.6. The molecule has 0 saturated carbocycles. The van der Waals surface area contributed by atoms with Gasteiger partial charge in [0.05, 0.1) is 5.92 Å². The zero-order valence-electron chi connectivity index (χ0n) is 17.0. The van der Waals surface area contributed by atoms with Crippen LogP contribution in [-0.2, 0) is 22.4 Å². The maximum Gasteiger partial charge on any atom is 0.314 e. The fraction of sp³-hybridized carbons (Fsp3) is 0.571. The van der Waals surface area contributed by atoms with Gasteiger partial charge >= 0.3 is 5.97 Å². The maximum atomic E-state index is 12.9. The molecule has 0 N–H and O–H groups in total. The van der Waals surface area contributed by atoms with Gasteiger partial charge in [-0.25, -0.2) is 0 Å². The van der Waals surface area contributed by atoms with Crippen LogP contribution < -0.4 is 9.47 Å². The van der Waals surface area contributed by atoms with Crippen LogP contribution in [0.15, 0.2) is 18.2 Å². The van der Waals surface area contributed by atoms with E-state index in [1.807, 2.05) is 39.0 Å². The molecular weight excluding hydrogens is 376 g/mol. The summed E-state index contributed by atoms with van der Waals surface area (Å²) in [6.07, 6.45) is 4.29. The lowest BCUT2D eigenvalue weighted by Gasteiger charge is -2.24. The molecule has 1 aliphatic heterocycles. The van der Waals surface area contributed by atoms with Gasteiger partial charge in [-0.1, -0.05) is 19.1 Å². The highest BCUT2D eigenvalue weighted by molar-refractivity contribution is 7.11. The van der Waals surface area contributed by atoms with E-state index in [4.69, 9.17) is 14.2 Å². The summed E-state index contributed by atoms with van der Waals surface area (Å²) < 4.78 is 16.8. The molecule has 1 atom stereocenters. The van der Waals surface area contributed by atoms with Gasteiger partial charge in [0.2, 0.25) is 6.79 Å². The standard InChI is InChI=1S/C21H28N2O4S/c1-5-8-17-22-23-18(28-17)12-7-10-15(20(24)27-21(2,3)4)14-9-6-11-16-19(14)26-13-25-16/h6,9,11,15H,5,7-8,10,12-13H2,1-4H3. The summed E-state index contributed by atoms with van der Waals surface area (Å²) >= 11 is 1.66. The van der Waals surface area contributed by atoms with Crippen molar-refractivity contribution in [3.05, 3.63) is 33.8 Å². The first kappa shape index (κ1) is 20.6. The maximum absolute atomic E-state index is 12.9. The monoisotopic (exact) mass is 404 g/mol. The normalized spacial score (nSPS) is 14.1. The third kappa shape index (κ3) is 5.22. The Labute approximate surface area is 170 Å². The largest absolute Gasteiger partial charge is 0.459 e. The molecule has 0 aliphatic carbocycles. The number of hydrogen-bond acceptors (Lipinski definition) is 7. The molecule has 0 spiro atoms. The minimum absolute atomic E-state index is 0.179. The molecule has 1 aliphatic rings. The molecule has 0 saturated heterocycles. The zero-order valence-corrected chi connectivity index (χ0v) is 17.8. The van der Waals surface area contributed by atoms with Gasteiger partial charge in [0.1, 0.15) is 15.6 Å². The van der Waals surface area contributed by atoms with E-state index in [0.717, 1.165) is 41.3 Å². The fourth-order valence-corrected chi connectivity index (χ4v) is 4.15. The van der Waals surface area contributed by atoms with Crippen molar-refractivity contribution in [3.8, 4) is 11.5 Å². The second-order valence-corrected chi connectivity index (χ2v) is 9.05. The Morgan fingerprint density at radius 2 is 1.96 bits per heavy atom. The van der Waals surface area contributed by atoms with Crippen LogP contribution in [0.1, 0.15) is 68.5 Å². The Morgan fingerprint density at radius 1 is 1.21 bits per heavy atom. The van der Waals surface area contributed by atoms with Crippen molar-refractivity contribution in [1.29, 1.82) is 0 Å². The summed E-state index contributed by atoms with van der Waals surface area (Å²) in [6.45, 7) is 7.96. The molecule has 7 heteroatoms. The van der Waals surface area contributed by atoms with Gasteiger partial charge in [-0.2, -0.15) is 0 Å². The van der Waals surface area contributed by atoms with E-state index in [0.29, 0.717) is 17.9 Å². The van der Waals surface area contributed by atoms with Crippen LogP contribution in [0.5, 0.6) is 11.5 Å². The molecule has 0 fully saturated rings. The summed E-state index contributed by atoms with van der Waals surface area (Å²) in [5.41, 5.74) is 0.284. The van der Waals surface area contributed by atoms with Crippen molar-refractivity contribution >= 4 is 17.3 Å². The van der Waals surface area contributed by atoms with E-state index >= 15 is 0 Å². The van der Waals surface area contributed by atoms with Gasteiger partial charge in [0.25, 0.3) is 0 Å². The van der Waals surface area contributed by atoms with Gasteiger partial charge in [-0.3, -0.25) is 4.79 Å². The predicted octanol–water partition coefficient (Wildman–Crippen LogP) is 4.67. The molecular formula is C21H28N2O4S. The van der Waals surface area contributed by atoms with Crippen LogP contribution in [0.3, 0.4) is 0 Å². The highest BCUT2D eigenvalue weighted by Crippen LogP contribution is 2.41. The number of fused-ring (bicyclic) bond motifs is 1. The van der Waals surface area contributed by atoms with E-state index < -0.39 is 11.5 Å². The number of aryl methyl sites for hydroxylation is 2. The Balaban J connectivity index is 1.73. The zero-order chi connectivity index (χ0) is 20.1. The first-order valence-corrected chi connectivity index (χ1v) is 10.6. The van der Waals surface area contributed by atoms with E-state index in [2.05, 4.69) is 17.1 Å². The number of ether oxygens (including phenoxy) is 3.